The van der Waals surface area contributed by atoms with E-state index in [9.17, 15) is 14.4 Å². The minimum Gasteiger partial charge on any atom is -0.494 e. The molecule has 12 heteroatoms. The number of fused-ring (bicyclic) bond motifs is 1. The lowest BCUT2D eigenvalue weighted by molar-refractivity contribution is -0.0270. The van der Waals surface area contributed by atoms with Gasteiger partial charge in [0.25, 0.3) is 5.91 Å². The van der Waals surface area contributed by atoms with Crippen LogP contribution in [-0.4, -0.2) is 69.6 Å². The number of aromatic nitrogens is 4. The third-order valence-electron chi connectivity index (χ3n) is 12.7. The van der Waals surface area contributed by atoms with Crippen molar-refractivity contribution >= 4 is 28.3 Å². The summed E-state index contributed by atoms with van der Waals surface area (Å²) in [5.74, 6) is 0.992. The number of carbonyl (C=O) groups excluding carboxylic acids is 2. The normalized spacial score (nSPS) is 13.1. The van der Waals surface area contributed by atoms with E-state index in [1.165, 1.54) is 28.3 Å². The number of nitrogens with one attached hydrogen (secondary N) is 2. The molecular weight excluding hydrogens is 889 g/mol. The average molecular weight is 951 g/mol. The number of rotatable bonds is 18. The first-order valence-electron chi connectivity index (χ1n) is 24.6. The fraction of sp³-hybridized carbons (Fsp3) is 0.288. The Bertz CT molecular complexity index is 2930. The Morgan fingerprint density at radius 2 is 1.41 bits per heavy atom. The summed E-state index contributed by atoms with van der Waals surface area (Å²) in [5, 5.41) is 16.5. The number of ketones is 1. The molecule has 12 nitrogen and oxygen atoms in total. The zero-order chi connectivity index (χ0) is 49.4. The van der Waals surface area contributed by atoms with Crippen molar-refractivity contribution in [1.29, 1.82) is 0 Å². The molecule has 2 aromatic heterocycles. The Kier molecular flexibility index (Phi) is 17.1. The molecule has 8 aromatic rings. The molecule has 0 spiro atoms. The maximum Gasteiger partial charge on any atom is 0.255 e. The van der Waals surface area contributed by atoms with E-state index in [0.717, 1.165) is 63.7 Å². The molecule has 6 aromatic carbocycles. The number of benzene rings is 6. The number of hydrogen-bond acceptors (Lipinski definition) is 10. The molecule has 0 unspecified atom stereocenters. The lowest BCUT2D eigenvalue weighted by Gasteiger charge is -2.34. The topological polar surface area (TPSA) is 153 Å². The third-order valence-corrected chi connectivity index (χ3v) is 12.7. The van der Waals surface area contributed by atoms with Gasteiger partial charge in [0.15, 0.2) is 22.6 Å². The fourth-order valence-corrected chi connectivity index (χ4v) is 8.65. The number of amides is 1. The van der Waals surface area contributed by atoms with E-state index >= 15 is 0 Å². The standard InChI is InChI=1S/C32H39NO2.C27H23N5O4/c1-32(2,3)28-18-16-25(17-19-28)30(34)15-10-22-33-23-20-29(21-24-33)35-31(26-11-6-4-7-12-26)27-13-8-5-9-14-27;33-23-17-24(26-29-31-32-30-26)36-25-21(23)10-6-11-22(25)28-27(34)19-12-14-20(15-13-19)35-16-5-4-9-18-7-2-1-3-8-18/h4-9,11-14,16-19,29,31H,10,15,20-24H2,1-3H3;1-3,6-8,10-15,17H,4-5,9,16H2,(H,28,34)(H,29,30,31,32). The first-order valence-corrected chi connectivity index (χ1v) is 24.6. The van der Waals surface area contributed by atoms with E-state index in [-0.39, 0.29) is 51.9 Å². The molecule has 364 valence electrons. The largest absolute Gasteiger partial charge is 0.494 e. The van der Waals surface area contributed by atoms with Gasteiger partial charge in [0.2, 0.25) is 5.82 Å². The van der Waals surface area contributed by atoms with Gasteiger partial charge in [-0.05, 0) is 120 Å². The highest BCUT2D eigenvalue weighted by atomic mass is 16.5. The molecule has 0 saturated carbocycles. The highest BCUT2D eigenvalue weighted by molar-refractivity contribution is 6.08. The maximum atomic E-state index is 12.9. The summed E-state index contributed by atoms with van der Waals surface area (Å²) < 4.78 is 18.3. The Morgan fingerprint density at radius 1 is 0.761 bits per heavy atom. The molecule has 3 heterocycles. The van der Waals surface area contributed by atoms with E-state index in [4.69, 9.17) is 13.9 Å². The highest BCUT2D eigenvalue weighted by Crippen LogP contribution is 2.31. The Balaban J connectivity index is 0.000000191. The number of para-hydroxylation sites is 1. The van der Waals surface area contributed by atoms with Gasteiger partial charge in [-0.2, -0.15) is 0 Å². The SMILES string of the molecule is CC(C)(C)c1ccc(C(=O)CCCN2CCC(OC(c3ccccc3)c3ccccc3)CC2)cc1.O=C(Nc1cccc2c(=O)cc(-c3nnn[nH]3)oc12)c1ccc(OCCCCc2ccccc2)cc1. The predicted octanol–water partition coefficient (Wildman–Crippen LogP) is 11.8. The highest BCUT2D eigenvalue weighted by Gasteiger charge is 2.25. The number of tetrazole rings is 1. The molecule has 1 fully saturated rings. The number of likely N-dealkylation sites (tertiary alicyclic amines) is 1. The van der Waals surface area contributed by atoms with Crippen LogP contribution in [0.5, 0.6) is 5.75 Å². The first kappa shape index (κ1) is 49.9. The zero-order valence-electron chi connectivity index (χ0n) is 40.8. The predicted molar refractivity (Wildman–Crippen MR) is 279 cm³/mol. The second-order valence-electron chi connectivity index (χ2n) is 18.9. The van der Waals surface area contributed by atoms with Gasteiger partial charge in [-0.3, -0.25) is 14.4 Å². The molecular formula is C59H62N6O6. The van der Waals surface area contributed by atoms with Crippen LogP contribution in [0.3, 0.4) is 0 Å². The van der Waals surface area contributed by atoms with Crippen molar-refractivity contribution in [3.8, 4) is 17.3 Å². The summed E-state index contributed by atoms with van der Waals surface area (Å²) >= 11 is 0. The number of hydrogen-bond donors (Lipinski definition) is 2. The summed E-state index contributed by atoms with van der Waals surface area (Å²) in [6.45, 7) is 10.2. The van der Waals surface area contributed by atoms with Gasteiger partial charge in [0, 0.05) is 36.7 Å². The summed E-state index contributed by atoms with van der Waals surface area (Å²) in [5.41, 5.74) is 6.71. The van der Waals surface area contributed by atoms with Gasteiger partial charge < -0.3 is 24.1 Å². The number of aryl methyl sites for hydroxylation is 1. The minimum absolute atomic E-state index is 0.0313. The summed E-state index contributed by atoms with van der Waals surface area (Å²) in [6, 6.07) is 52.8. The molecule has 0 atom stereocenters. The quantitative estimate of drug-likeness (QED) is 0.0628. The van der Waals surface area contributed by atoms with Gasteiger partial charge in [0.05, 0.1) is 23.8 Å². The number of piperidine rings is 1. The number of carbonyl (C=O) groups is 2. The number of H-pyrrole nitrogens is 1. The Labute approximate surface area is 415 Å². The first-order chi connectivity index (χ1) is 34.6. The molecule has 2 N–H and O–H groups in total. The van der Waals surface area contributed by atoms with Gasteiger partial charge in [-0.15, -0.1) is 5.10 Å². The van der Waals surface area contributed by atoms with Crippen molar-refractivity contribution in [1.82, 2.24) is 25.5 Å². The summed E-state index contributed by atoms with van der Waals surface area (Å²) in [6.07, 6.45) is 6.79. The second-order valence-corrected chi connectivity index (χ2v) is 18.9. The lowest BCUT2D eigenvalue weighted by Crippen LogP contribution is -2.38. The van der Waals surface area contributed by atoms with Gasteiger partial charge >= 0.3 is 0 Å². The Morgan fingerprint density at radius 3 is 2.04 bits per heavy atom. The number of anilines is 1. The number of Topliss-reactive ketones (excluding diaryl/α,β-unsaturated/α-hetero) is 1. The van der Waals surface area contributed by atoms with Crippen LogP contribution >= 0.6 is 0 Å². The van der Waals surface area contributed by atoms with E-state index in [1.54, 1.807) is 42.5 Å². The van der Waals surface area contributed by atoms with Crippen molar-refractivity contribution in [3.63, 3.8) is 0 Å². The lowest BCUT2D eigenvalue weighted by atomic mass is 9.86. The van der Waals surface area contributed by atoms with Gasteiger partial charge in [-0.25, -0.2) is 5.10 Å². The molecule has 0 bridgehead atoms. The molecule has 1 amide bonds. The van der Waals surface area contributed by atoms with Crippen molar-refractivity contribution in [2.75, 3.05) is 31.6 Å². The minimum atomic E-state index is -0.341. The molecule has 71 heavy (non-hydrogen) atoms. The van der Waals surface area contributed by atoms with Crippen LogP contribution in [0.1, 0.15) is 108 Å². The van der Waals surface area contributed by atoms with Crippen LogP contribution in [0.2, 0.25) is 0 Å². The molecule has 1 aliphatic rings. The van der Waals surface area contributed by atoms with Crippen LogP contribution < -0.4 is 15.5 Å². The van der Waals surface area contributed by atoms with Crippen molar-refractivity contribution in [2.45, 2.75) is 83.3 Å². The summed E-state index contributed by atoms with van der Waals surface area (Å²) in [4.78, 5) is 40.6. The van der Waals surface area contributed by atoms with Crippen LogP contribution in [0.25, 0.3) is 22.6 Å². The van der Waals surface area contributed by atoms with E-state index in [1.807, 2.05) is 30.3 Å². The third kappa shape index (κ3) is 14.1. The van der Waals surface area contributed by atoms with Crippen LogP contribution in [0, 0.1) is 0 Å². The van der Waals surface area contributed by atoms with Crippen LogP contribution in [-0.2, 0) is 16.6 Å². The van der Waals surface area contributed by atoms with E-state index < -0.39 is 0 Å². The number of ether oxygens (including phenoxy) is 2. The van der Waals surface area contributed by atoms with Crippen LogP contribution in [0.4, 0.5) is 5.69 Å². The monoisotopic (exact) mass is 950 g/mol. The Hall–Kier alpha value is -7.54. The van der Waals surface area contributed by atoms with Gasteiger partial charge in [0.1, 0.15) is 11.9 Å². The molecule has 0 radical (unpaired) electrons. The van der Waals surface area contributed by atoms with Crippen molar-refractivity contribution in [2.24, 2.45) is 0 Å². The second kappa shape index (κ2) is 24.3. The molecule has 9 rings (SSSR count). The molecule has 1 aliphatic heterocycles. The fourth-order valence-electron chi connectivity index (χ4n) is 8.65. The summed E-state index contributed by atoms with van der Waals surface area (Å²) in [7, 11) is 0. The van der Waals surface area contributed by atoms with Crippen molar-refractivity contribution < 1.29 is 23.5 Å². The van der Waals surface area contributed by atoms with E-state index in [0.29, 0.717) is 35.4 Å². The molecule has 1 saturated heterocycles. The maximum absolute atomic E-state index is 12.9. The zero-order valence-corrected chi connectivity index (χ0v) is 40.8. The molecule has 0 aliphatic carbocycles. The average Bonchev–Trinajstić information content (AvgIpc) is 3.95. The van der Waals surface area contributed by atoms with E-state index in [2.05, 4.69) is 137 Å². The smallest absolute Gasteiger partial charge is 0.255 e. The van der Waals surface area contributed by atoms with Gasteiger partial charge in [-0.1, -0.05) is 142 Å². The van der Waals surface area contributed by atoms with Crippen molar-refractivity contribution in [3.05, 3.63) is 207 Å². The van der Waals surface area contributed by atoms with Crippen LogP contribution in [0.15, 0.2) is 173 Å². The number of nitrogens with zero attached hydrogens (tertiary/aromatic N) is 4. The number of aromatic amines is 1. The number of unbranched alkanes of at least 4 members (excludes halogenated alkanes) is 1.